The molecule has 0 spiro atoms. The molecule has 1 heterocycles. The summed E-state index contributed by atoms with van der Waals surface area (Å²) < 4.78 is 60.1. The van der Waals surface area contributed by atoms with Gasteiger partial charge in [-0.15, -0.1) is 10.1 Å². The van der Waals surface area contributed by atoms with Crippen LogP contribution >= 0.6 is 11.6 Å². The Morgan fingerprint density at radius 1 is 1.24 bits per heavy atom. The number of hydrogen-bond donors (Lipinski definition) is 0. The summed E-state index contributed by atoms with van der Waals surface area (Å²) in [6.07, 6.45) is -9.57. The first kappa shape index (κ1) is 27.0. The highest BCUT2D eigenvalue weighted by atomic mass is 35.5. The molecule has 2 unspecified atom stereocenters. The minimum absolute atomic E-state index is 0.0835. The van der Waals surface area contributed by atoms with Gasteiger partial charge in [0.2, 0.25) is 12.4 Å². The fourth-order valence-electron chi connectivity index (χ4n) is 2.79. The highest BCUT2D eigenvalue weighted by Crippen LogP contribution is 2.40. The number of carbonyl (C=O) groups is 2. The smallest absolute Gasteiger partial charge is 0.475 e. The molecule has 188 valence electrons. The molecule has 0 fully saturated rings. The van der Waals surface area contributed by atoms with Crippen LogP contribution in [0.2, 0.25) is 5.02 Å². The van der Waals surface area contributed by atoms with Gasteiger partial charge in [-0.2, -0.15) is 13.2 Å². The average Bonchev–Trinajstić information content (AvgIpc) is 2.69. The second-order valence-electron chi connectivity index (χ2n) is 8.07. The number of benzene rings is 1. The fourth-order valence-corrected chi connectivity index (χ4v) is 3.07. The van der Waals surface area contributed by atoms with Crippen molar-refractivity contribution >= 4 is 29.8 Å². The SMILES string of the molecule is Cc1cc(Cl)cc2c1OC(C(F)(F)F)C(C(=O)OC(C)OC(=O)OCC(C)(C)CO[N+](=O)[O-])=C2. The molecular weight excluding hydrogens is 491 g/mol. The number of alkyl halides is 3. The normalized spacial score (nSPS) is 16.4. The topological polar surface area (TPSA) is 123 Å². The van der Waals surface area contributed by atoms with E-state index >= 15 is 0 Å². The summed E-state index contributed by atoms with van der Waals surface area (Å²) in [4.78, 5) is 38.8. The molecular formula is C20H21ClF3NO9. The van der Waals surface area contributed by atoms with Gasteiger partial charge in [-0.1, -0.05) is 25.4 Å². The van der Waals surface area contributed by atoms with Crippen LogP contribution < -0.4 is 4.74 Å². The molecule has 0 aliphatic carbocycles. The first-order valence-corrected chi connectivity index (χ1v) is 10.0. The predicted molar refractivity (Wildman–Crippen MR) is 109 cm³/mol. The summed E-state index contributed by atoms with van der Waals surface area (Å²) in [5.74, 6) is -1.52. The molecule has 2 rings (SSSR count). The van der Waals surface area contributed by atoms with Crippen LogP contribution in [0, 0.1) is 22.5 Å². The highest BCUT2D eigenvalue weighted by Gasteiger charge is 2.49. The minimum atomic E-state index is -4.95. The van der Waals surface area contributed by atoms with Crippen LogP contribution in [0.25, 0.3) is 6.08 Å². The molecule has 0 radical (unpaired) electrons. The summed E-state index contributed by atoms with van der Waals surface area (Å²) in [5.41, 5.74) is -1.34. The lowest BCUT2D eigenvalue weighted by molar-refractivity contribution is -0.760. The maximum absolute atomic E-state index is 13.6. The molecule has 0 saturated carbocycles. The lowest BCUT2D eigenvalue weighted by Gasteiger charge is -2.29. The van der Waals surface area contributed by atoms with E-state index in [1.807, 2.05) is 0 Å². The van der Waals surface area contributed by atoms with Crippen LogP contribution in [0.15, 0.2) is 17.7 Å². The largest absolute Gasteiger partial charge is 0.511 e. The lowest BCUT2D eigenvalue weighted by Crippen LogP contribution is -2.41. The Balaban J connectivity index is 2.06. The van der Waals surface area contributed by atoms with E-state index in [-0.39, 0.29) is 29.5 Å². The molecule has 1 aromatic rings. The predicted octanol–water partition coefficient (Wildman–Crippen LogP) is 4.63. The van der Waals surface area contributed by atoms with Crippen molar-refractivity contribution in [3.05, 3.63) is 44.0 Å². The second-order valence-corrected chi connectivity index (χ2v) is 8.51. The van der Waals surface area contributed by atoms with Crippen molar-refractivity contribution in [2.24, 2.45) is 5.41 Å². The van der Waals surface area contributed by atoms with Crippen molar-refractivity contribution in [2.75, 3.05) is 13.2 Å². The average molecular weight is 512 g/mol. The van der Waals surface area contributed by atoms with Crippen LogP contribution in [-0.4, -0.2) is 49.0 Å². The summed E-state index contributed by atoms with van der Waals surface area (Å²) in [7, 11) is 0. The van der Waals surface area contributed by atoms with Crippen molar-refractivity contribution in [2.45, 2.75) is 46.3 Å². The number of esters is 1. The van der Waals surface area contributed by atoms with Gasteiger partial charge < -0.3 is 23.8 Å². The van der Waals surface area contributed by atoms with E-state index in [2.05, 4.69) is 4.84 Å². The van der Waals surface area contributed by atoms with Gasteiger partial charge in [-0.25, -0.2) is 9.59 Å². The lowest BCUT2D eigenvalue weighted by atomic mass is 9.97. The van der Waals surface area contributed by atoms with E-state index in [0.29, 0.717) is 5.56 Å². The molecule has 0 saturated heterocycles. The Labute approximate surface area is 196 Å². The third-order valence-corrected chi connectivity index (χ3v) is 4.53. The van der Waals surface area contributed by atoms with Gasteiger partial charge in [0.05, 0.1) is 5.57 Å². The number of ether oxygens (including phenoxy) is 4. The van der Waals surface area contributed by atoms with Crippen LogP contribution in [0.4, 0.5) is 18.0 Å². The third-order valence-electron chi connectivity index (χ3n) is 4.31. The van der Waals surface area contributed by atoms with E-state index in [1.54, 1.807) is 0 Å². The van der Waals surface area contributed by atoms with Crippen molar-refractivity contribution in [1.29, 1.82) is 0 Å². The Morgan fingerprint density at radius 2 is 1.88 bits per heavy atom. The monoisotopic (exact) mass is 511 g/mol. The molecule has 0 N–H and O–H groups in total. The number of halogens is 4. The molecule has 10 nitrogen and oxygen atoms in total. The summed E-state index contributed by atoms with van der Waals surface area (Å²) in [6, 6.07) is 2.74. The molecule has 1 aliphatic rings. The van der Waals surface area contributed by atoms with Gasteiger partial charge in [0.15, 0.2) is 0 Å². The van der Waals surface area contributed by atoms with Crippen LogP contribution in [0.3, 0.4) is 0 Å². The van der Waals surface area contributed by atoms with Gasteiger partial charge in [0.1, 0.15) is 19.0 Å². The van der Waals surface area contributed by atoms with Crippen molar-refractivity contribution in [1.82, 2.24) is 0 Å². The van der Waals surface area contributed by atoms with Crippen molar-refractivity contribution in [3.8, 4) is 5.75 Å². The Morgan fingerprint density at radius 3 is 2.47 bits per heavy atom. The quantitative estimate of drug-likeness (QED) is 0.212. The zero-order valence-corrected chi connectivity index (χ0v) is 19.2. The highest BCUT2D eigenvalue weighted by molar-refractivity contribution is 6.30. The van der Waals surface area contributed by atoms with Crippen LogP contribution in [-0.2, 0) is 23.8 Å². The van der Waals surface area contributed by atoms with E-state index < -0.39 is 46.8 Å². The van der Waals surface area contributed by atoms with E-state index in [0.717, 1.165) is 13.0 Å². The van der Waals surface area contributed by atoms with Crippen LogP contribution in [0.5, 0.6) is 5.75 Å². The zero-order chi connectivity index (χ0) is 25.8. The van der Waals surface area contributed by atoms with Gasteiger partial charge >= 0.3 is 18.3 Å². The molecule has 14 heteroatoms. The van der Waals surface area contributed by atoms with Gasteiger partial charge in [0.25, 0.3) is 5.09 Å². The molecule has 1 aromatic carbocycles. The zero-order valence-electron chi connectivity index (χ0n) is 18.4. The molecule has 0 amide bonds. The standard InChI is InChI=1S/C20H21ClF3NO9/c1-10-5-13(21)6-12-7-14(16(20(22,23)24)34-15(10)12)17(26)32-11(2)33-18(27)30-8-19(3,4)9-31-25(28)29/h5-7,11,16H,8-9H2,1-4H3. The first-order chi connectivity index (χ1) is 15.6. The van der Waals surface area contributed by atoms with Gasteiger partial charge in [-0.05, 0) is 30.7 Å². The van der Waals surface area contributed by atoms with E-state index in [1.165, 1.54) is 32.9 Å². The molecule has 34 heavy (non-hydrogen) atoms. The first-order valence-electron chi connectivity index (χ1n) is 9.66. The minimum Gasteiger partial charge on any atom is -0.475 e. The summed E-state index contributed by atoms with van der Waals surface area (Å²) >= 11 is 5.94. The van der Waals surface area contributed by atoms with Gasteiger partial charge in [-0.3, -0.25) is 0 Å². The number of rotatable bonds is 8. The maximum atomic E-state index is 13.6. The van der Waals surface area contributed by atoms with E-state index in [4.69, 9.17) is 30.5 Å². The number of nitrogens with zero attached hydrogens (tertiary/aromatic N) is 1. The van der Waals surface area contributed by atoms with Gasteiger partial charge in [0, 0.05) is 22.9 Å². The van der Waals surface area contributed by atoms with Crippen LogP contribution in [0.1, 0.15) is 31.9 Å². The third kappa shape index (κ3) is 7.40. The number of carbonyl (C=O) groups excluding carboxylic acids is 2. The molecule has 1 aliphatic heterocycles. The Bertz CT molecular complexity index is 994. The number of fused-ring (bicyclic) bond motifs is 1. The molecule has 0 bridgehead atoms. The molecule has 0 aromatic heterocycles. The fraction of sp³-hybridized carbons (Fsp3) is 0.500. The van der Waals surface area contributed by atoms with Crippen molar-refractivity contribution < 1.29 is 51.6 Å². The second kappa shape index (κ2) is 10.4. The molecule has 2 atom stereocenters. The Kier molecular flexibility index (Phi) is 8.24. The Hall–Kier alpha value is -3.22. The number of hydrogen-bond acceptors (Lipinski definition) is 9. The summed E-state index contributed by atoms with van der Waals surface area (Å²) in [5, 5.41) is 9.48. The maximum Gasteiger partial charge on any atom is 0.511 e. The van der Waals surface area contributed by atoms with E-state index in [9.17, 15) is 32.9 Å². The summed E-state index contributed by atoms with van der Waals surface area (Å²) in [6.45, 7) is 4.86. The number of aryl methyl sites for hydroxylation is 1. The van der Waals surface area contributed by atoms with Crippen molar-refractivity contribution in [3.63, 3.8) is 0 Å².